The molecule has 2 fully saturated rings. The Labute approximate surface area is 116 Å². The van der Waals surface area contributed by atoms with Crippen LogP contribution in [0.1, 0.15) is 17.8 Å². The summed E-state index contributed by atoms with van der Waals surface area (Å²) in [5.41, 5.74) is 0.348. The summed E-state index contributed by atoms with van der Waals surface area (Å²) in [6, 6.07) is 0. The molecule has 6 nitrogen and oxygen atoms in total. The van der Waals surface area contributed by atoms with E-state index in [0.29, 0.717) is 12.0 Å². The molecule has 2 heterocycles. The fourth-order valence-corrected chi connectivity index (χ4v) is 4.03. The van der Waals surface area contributed by atoms with Crippen molar-refractivity contribution < 1.29 is 13.2 Å². The second kappa shape index (κ2) is 4.76. The van der Waals surface area contributed by atoms with Crippen molar-refractivity contribution >= 4 is 21.2 Å². The van der Waals surface area contributed by atoms with Crippen LogP contribution in [0.4, 0.5) is 0 Å². The molecule has 3 rings (SSSR count). The molecule has 0 amide bonds. The van der Waals surface area contributed by atoms with Crippen LogP contribution in [0, 0.1) is 5.41 Å². The molecule has 0 atom stereocenters. The predicted molar refractivity (Wildman–Crippen MR) is 70.8 cm³/mol. The molecule has 0 bridgehead atoms. The number of nitrogens with zero attached hydrogens (tertiary/aromatic N) is 3. The molecule has 1 aliphatic carbocycles. The van der Waals surface area contributed by atoms with E-state index in [2.05, 4.69) is 15.1 Å². The molecule has 1 spiro atoms. The van der Waals surface area contributed by atoms with Gasteiger partial charge in [0.25, 0.3) is 0 Å². The summed E-state index contributed by atoms with van der Waals surface area (Å²) in [6.07, 6.45) is 3.62. The molecular formula is C11H17N3O3S2. The third kappa shape index (κ3) is 3.13. The normalized spacial score (nSPS) is 23.4. The Bertz CT molecular complexity index is 565. The van der Waals surface area contributed by atoms with Gasteiger partial charge in [0.05, 0.1) is 19.8 Å². The van der Waals surface area contributed by atoms with Crippen molar-refractivity contribution in [2.45, 2.75) is 23.7 Å². The van der Waals surface area contributed by atoms with Crippen LogP contribution in [-0.2, 0) is 21.1 Å². The van der Waals surface area contributed by atoms with E-state index in [-0.39, 0.29) is 4.34 Å². The Morgan fingerprint density at radius 2 is 2.21 bits per heavy atom. The molecule has 1 saturated heterocycles. The summed E-state index contributed by atoms with van der Waals surface area (Å²) in [5.74, 6) is 0. The second-order valence-electron chi connectivity index (χ2n) is 5.50. The van der Waals surface area contributed by atoms with E-state index >= 15 is 0 Å². The summed E-state index contributed by atoms with van der Waals surface area (Å²) in [4.78, 5) is 2.30. The van der Waals surface area contributed by atoms with Gasteiger partial charge in [0.1, 0.15) is 5.01 Å². The molecular weight excluding hydrogens is 286 g/mol. The van der Waals surface area contributed by atoms with Gasteiger partial charge in [-0.1, -0.05) is 11.3 Å². The quantitative estimate of drug-likeness (QED) is 0.812. The highest BCUT2D eigenvalue weighted by Gasteiger charge is 2.45. The summed E-state index contributed by atoms with van der Waals surface area (Å²) in [6.45, 7) is 4.14. The molecule has 1 aromatic heterocycles. The van der Waals surface area contributed by atoms with Gasteiger partial charge in [-0.15, -0.1) is 10.2 Å². The first-order chi connectivity index (χ1) is 8.97. The monoisotopic (exact) mass is 303 g/mol. The maximum atomic E-state index is 11.4. The van der Waals surface area contributed by atoms with Crippen molar-refractivity contribution in [2.75, 3.05) is 32.6 Å². The summed E-state index contributed by atoms with van der Waals surface area (Å²) in [7, 11) is -3.24. The lowest BCUT2D eigenvalue weighted by Crippen LogP contribution is -2.30. The Balaban J connectivity index is 1.69. The van der Waals surface area contributed by atoms with E-state index in [1.807, 2.05) is 0 Å². The van der Waals surface area contributed by atoms with E-state index in [0.717, 1.165) is 37.6 Å². The molecule has 0 N–H and O–H groups in total. The zero-order chi connectivity index (χ0) is 13.5. The van der Waals surface area contributed by atoms with Crippen LogP contribution in [0.15, 0.2) is 4.34 Å². The fourth-order valence-electron chi connectivity index (χ4n) is 2.34. The van der Waals surface area contributed by atoms with E-state index in [4.69, 9.17) is 4.74 Å². The van der Waals surface area contributed by atoms with Gasteiger partial charge in [0, 0.05) is 24.8 Å². The van der Waals surface area contributed by atoms with Crippen LogP contribution >= 0.6 is 11.3 Å². The molecule has 1 aromatic rings. The van der Waals surface area contributed by atoms with Crippen LogP contribution in [-0.4, -0.2) is 56.1 Å². The molecule has 8 heteroatoms. The van der Waals surface area contributed by atoms with Gasteiger partial charge in [-0.05, 0) is 12.8 Å². The zero-order valence-electron chi connectivity index (χ0n) is 10.8. The lowest BCUT2D eigenvalue weighted by molar-refractivity contribution is 0.115. The minimum absolute atomic E-state index is 0.106. The molecule has 2 aliphatic rings. The van der Waals surface area contributed by atoms with Gasteiger partial charge in [-0.25, -0.2) is 8.42 Å². The number of rotatable bonds is 3. The van der Waals surface area contributed by atoms with Gasteiger partial charge in [-0.2, -0.15) is 0 Å². The summed E-state index contributed by atoms with van der Waals surface area (Å²) < 4.78 is 28.5. The van der Waals surface area contributed by atoms with E-state index in [1.54, 1.807) is 0 Å². The average Bonchev–Trinajstić information content (AvgIpc) is 2.97. The molecule has 1 saturated carbocycles. The lowest BCUT2D eigenvalue weighted by Gasteiger charge is -2.21. The topological polar surface area (TPSA) is 72.4 Å². The predicted octanol–water partition coefficient (Wildman–Crippen LogP) is 0.554. The largest absolute Gasteiger partial charge is 0.379 e. The SMILES string of the molecule is CS(=O)(=O)c1nnc(CN2CCOCC3(CC3)C2)s1. The third-order valence-corrected chi connectivity index (χ3v) is 6.18. The van der Waals surface area contributed by atoms with Crippen molar-refractivity contribution in [3.05, 3.63) is 5.01 Å². The molecule has 0 unspecified atom stereocenters. The van der Waals surface area contributed by atoms with Crippen LogP contribution in [0.5, 0.6) is 0 Å². The van der Waals surface area contributed by atoms with Gasteiger partial charge in [-0.3, -0.25) is 4.90 Å². The van der Waals surface area contributed by atoms with Crippen LogP contribution in [0.25, 0.3) is 0 Å². The number of sulfone groups is 1. The van der Waals surface area contributed by atoms with Crippen LogP contribution in [0.2, 0.25) is 0 Å². The van der Waals surface area contributed by atoms with Crippen molar-refractivity contribution in [2.24, 2.45) is 5.41 Å². The second-order valence-corrected chi connectivity index (χ2v) is 8.75. The van der Waals surface area contributed by atoms with E-state index in [9.17, 15) is 8.42 Å². The first-order valence-electron chi connectivity index (χ1n) is 6.29. The lowest BCUT2D eigenvalue weighted by atomic mass is 10.1. The van der Waals surface area contributed by atoms with Gasteiger partial charge in [0.15, 0.2) is 0 Å². The average molecular weight is 303 g/mol. The maximum absolute atomic E-state index is 11.4. The van der Waals surface area contributed by atoms with Crippen molar-refractivity contribution in [3.8, 4) is 0 Å². The van der Waals surface area contributed by atoms with Gasteiger partial charge >= 0.3 is 0 Å². The van der Waals surface area contributed by atoms with Gasteiger partial charge in [0.2, 0.25) is 14.2 Å². The van der Waals surface area contributed by atoms with Crippen molar-refractivity contribution in [3.63, 3.8) is 0 Å². The summed E-state index contributed by atoms with van der Waals surface area (Å²) >= 11 is 1.17. The number of ether oxygens (including phenoxy) is 1. The third-order valence-electron chi connectivity index (χ3n) is 3.60. The van der Waals surface area contributed by atoms with E-state index in [1.165, 1.54) is 24.2 Å². The molecule has 106 valence electrons. The number of hydrogen-bond donors (Lipinski definition) is 0. The highest BCUT2D eigenvalue weighted by atomic mass is 32.2. The number of aromatic nitrogens is 2. The smallest absolute Gasteiger partial charge is 0.232 e. The highest BCUT2D eigenvalue weighted by Crippen LogP contribution is 2.47. The van der Waals surface area contributed by atoms with E-state index < -0.39 is 9.84 Å². The molecule has 1 aliphatic heterocycles. The van der Waals surface area contributed by atoms with Gasteiger partial charge < -0.3 is 4.74 Å². The summed E-state index contributed by atoms with van der Waals surface area (Å²) in [5, 5.41) is 8.50. The Morgan fingerprint density at radius 3 is 2.84 bits per heavy atom. The molecule has 0 aromatic carbocycles. The van der Waals surface area contributed by atoms with Crippen LogP contribution in [0.3, 0.4) is 0 Å². The standard InChI is InChI=1S/C11H17N3O3S2/c1-19(15,16)10-13-12-9(18-10)6-14-4-5-17-8-11(7-14)2-3-11/h2-8H2,1H3. The zero-order valence-corrected chi connectivity index (χ0v) is 12.5. The molecule has 19 heavy (non-hydrogen) atoms. The van der Waals surface area contributed by atoms with Crippen LogP contribution < -0.4 is 0 Å². The maximum Gasteiger partial charge on any atom is 0.232 e. The first-order valence-corrected chi connectivity index (χ1v) is 9.00. The minimum atomic E-state index is -3.24. The minimum Gasteiger partial charge on any atom is -0.379 e. The first kappa shape index (κ1) is 13.4. The Morgan fingerprint density at radius 1 is 1.42 bits per heavy atom. The Kier molecular flexibility index (Phi) is 3.36. The number of hydrogen-bond acceptors (Lipinski definition) is 7. The Hall–Kier alpha value is -0.570. The van der Waals surface area contributed by atoms with Crippen molar-refractivity contribution in [1.29, 1.82) is 0 Å². The fraction of sp³-hybridized carbons (Fsp3) is 0.818. The molecule has 0 radical (unpaired) electrons. The van der Waals surface area contributed by atoms with Crippen molar-refractivity contribution in [1.82, 2.24) is 15.1 Å². The highest BCUT2D eigenvalue weighted by molar-refractivity contribution is 7.92.